The van der Waals surface area contributed by atoms with Gasteiger partial charge in [-0.2, -0.15) is 13.2 Å². The van der Waals surface area contributed by atoms with Crippen molar-refractivity contribution in [3.8, 4) is 21.6 Å². The third-order valence-corrected chi connectivity index (χ3v) is 16.6. The highest BCUT2D eigenvalue weighted by Gasteiger charge is 2.54. The Hall–Kier alpha value is -5.47. The zero-order chi connectivity index (χ0) is 56.1. The second kappa shape index (κ2) is 15.0. The summed E-state index contributed by atoms with van der Waals surface area (Å²) in [7, 11) is 0. The summed E-state index contributed by atoms with van der Waals surface area (Å²) in [5.41, 5.74) is 3.53. The highest BCUT2D eigenvalue weighted by molar-refractivity contribution is 7.23. The maximum Gasteiger partial charge on any atom is 0.416 e. The molecule has 8 heteroatoms. The van der Waals surface area contributed by atoms with Crippen LogP contribution in [0.5, 0.6) is 0 Å². The van der Waals surface area contributed by atoms with E-state index in [-0.39, 0.29) is 88.1 Å². The van der Waals surface area contributed by atoms with Crippen molar-refractivity contribution in [2.75, 3.05) is 9.80 Å². The van der Waals surface area contributed by atoms with Gasteiger partial charge in [-0.25, -0.2) is 0 Å². The van der Waals surface area contributed by atoms with Crippen LogP contribution in [0.1, 0.15) is 133 Å². The van der Waals surface area contributed by atoms with Crippen molar-refractivity contribution in [1.29, 1.82) is 0 Å². The lowest BCUT2D eigenvalue weighted by molar-refractivity contribution is -0.137. The number of fused-ring (bicyclic) bond motifs is 4. The minimum absolute atomic E-state index is 0.0173. The average Bonchev–Trinajstić information content (AvgIpc) is 3.79. The van der Waals surface area contributed by atoms with Crippen molar-refractivity contribution in [2.45, 2.75) is 123 Å². The number of aryl methyl sites for hydroxylation is 3. The summed E-state index contributed by atoms with van der Waals surface area (Å²) in [6, 6.07) is 8.27. The number of benzene rings is 5. The lowest BCUT2D eigenvalue weighted by atomic mass is 9.33. The Morgan fingerprint density at radius 1 is 0.676 bits per heavy atom. The van der Waals surface area contributed by atoms with Gasteiger partial charge in [0.05, 0.1) is 24.3 Å². The van der Waals surface area contributed by atoms with Gasteiger partial charge in [0.2, 0.25) is 0 Å². The molecular formula is C60H60BF3N2OS. The maximum atomic E-state index is 14.3. The van der Waals surface area contributed by atoms with Gasteiger partial charge in [0.1, 0.15) is 6.26 Å². The lowest BCUT2D eigenvalue weighted by Crippen LogP contribution is -2.61. The zero-order valence-electron chi connectivity index (χ0n) is 50.0. The minimum Gasteiger partial charge on any atom is -0.448 e. The molecule has 4 saturated carbocycles. The summed E-state index contributed by atoms with van der Waals surface area (Å²) in [4.78, 5) is 3.98. The molecule has 4 fully saturated rings. The molecule has 0 N–H and O–H groups in total. The van der Waals surface area contributed by atoms with Crippen LogP contribution in [0.15, 0.2) is 114 Å². The Morgan fingerprint density at radius 2 is 1.19 bits per heavy atom. The van der Waals surface area contributed by atoms with Gasteiger partial charge in [0.25, 0.3) is 6.71 Å². The number of nitrogens with zero attached hydrogens (tertiary/aromatic N) is 2. The smallest absolute Gasteiger partial charge is 0.416 e. The monoisotopic (exact) mass is 935 g/mol. The van der Waals surface area contributed by atoms with Crippen molar-refractivity contribution in [2.24, 2.45) is 17.8 Å². The molecule has 0 atom stereocenters. The number of hydrogen-bond acceptors (Lipinski definition) is 4. The number of hydrogen-bond donors (Lipinski definition) is 0. The van der Waals surface area contributed by atoms with Crippen molar-refractivity contribution in [3.63, 3.8) is 0 Å². The number of anilines is 6. The molecule has 5 aromatic carbocycles. The van der Waals surface area contributed by atoms with Crippen molar-refractivity contribution in [1.82, 2.24) is 0 Å². The molecule has 0 unspecified atom stereocenters. The molecule has 0 radical (unpaired) electrons. The summed E-state index contributed by atoms with van der Waals surface area (Å²) in [5, 5.41) is 0.484. The average molecular weight is 935 g/mol. The van der Waals surface area contributed by atoms with Crippen LogP contribution in [0, 0.1) is 38.5 Å². The first-order valence-electron chi connectivity index (χ1n) is 28.9. The molecule has 0 amide bonds. The van der Waals surface area contributed by atoms with E-state index < -0.39 is 46.8 Å². The second-order valence-corrected chi connectivity index (χ2v) is 23.6. The quantitative estimate of drug-likeness (QED) is 0.160. The molecule has 2 aliphatic heterocycles. The molecule has 3 nitrogen and oxygen atoms in total. The van der Waals surface area contributed by atoms with Crippen LogP contribution in [-0.2, 0) is 22.4 Å². The van der Waals surface area contributed by atoms with E-state index in [4.69, 9.17) is 4.42 Å². The largest absolute Gasteiger partial charge is 0.448 e. The van der Waals surface area contributed by atoms with Crippen LogP contribution in [0.4, 0.5) is 46.8 Å². The molecule has 7 aromatic rings. The van der Waals surface area contributed by atoms with E-state index in [0.717, 1.165) is 58.5 Å². The van der Waals surface area contributed by atoms with Crippen LogP contribution in [0.3, 0.4) is 0 Å². The van der Waals surface area contributed by atoms with Gasteiger partial charge in [0.15, 0.2) is 5.88 Å². The fourth-order valence-electron chi connectivity index (χ4n) is 12.8. The molecule has 4 heterocycles. The Morgan fingerprint density at radius 3 is 1.71 bits per heavy atom. The SMILES string of the molecule is [2H]c1c([2H])c(C(C)(C)C)c([2H])c([2H])c1N1c2occ(-c3ccc(C(F)(F)F)cc3)c2B2c3cc(-c4c(C)cc(C)cc4C)sc3N(c3c([2H])c([2H])c(C(C)(C)C)c([2H])c3[2H])c3c([2H])c(C45CC6CC(CC(C6)C4)C5)c([2H])c1c32. The molecule has 13 rings (SSSR count). The standard InChI is InChI=1S/C60H60BF3N2OS/c1-34-22-35(2)52(36(3)23-34)51-29-48-56(68-51)66(46-20-16-42(17-21-46)58(7,8)9)50-28-44(59-30-37-24-38(31-59)26-39(25-37)32-59)27-49-54(50)61(48)53-47(40-10-12-43(13-11-40)60(62,63)64)33-67-55(53)65(49)45-18-14-41(15-19-45)57(4,5)6/h10-23,27-29,33,37-39H,24-26,30-32H2,1-9H3/i14D,15D,16D,17D,18D,19D,20D,21D,27D,28D. The van der Waals surface area contributed by atoms with E-state index >= 15 is 0 Å². The third-order valence-electron chi connectivity index (χ3n) is 15.5. The van der Waals surface area contributed by atoms with Crippen LogP contribution in [0.25, 0.3) is 21.6 Å². The van der Waals surface area contributed by atoms with E-state index in [1.807, 2.05) is 68.4 Å². The topological polar surface area (TPSA) is 19.6 Å². The number of halogens is 3. The lowest BCUT2D eigenvalue weighted by Gasteiger charge is -2.57. The van der Waals surface area contributed by atoms with E-state index in [1.165, 1.54) is 34.6 Å². The van der Waals surface area contributed by atoms with Crippen molar-refractivity contribution >= 4 is 68.1 Å². The summed E-state index contributed by atoms with van der Waals surface area (Å²) < 4.78 is 150. The fourth-order valence-corrected chi connectivity index (χ4v) is 14.2. The molecule has 6 aliphatic rings. The first-order valence-corrected chi connectivity index (χ1v) is 24.8. The molecule has 346 valence electrons. The van der Waals surface area contributed by atoms with Crippen LogP contribution in [-0.4, -0.2) is 6.71 Å². The Kier molecular flexibility index (Phi) is 7.49. The Balaban J connectivity index is 1.29. The molecule has 0 spiro atoms. The van der Waals surface area contributed by atoms with Gasteiger partial charge in [-0.15, -0.1) is 11.3 Å². The molecule has 2 aromatic heterocycles. The zero-order valence-corrected chi connectivity index (χ0v) is 40.8. The first-order chi connectivity index (χ1) is 36.4. The normalized spacial score (nSPS) is 23.6. The van der Waals surface area contributed by atoms with E-state index in [1.54, 1.807) is 4.90 Å². The van der Waals surface area contributed by atoms with Gasteiger partial charge in [-0.1, -0.05) is 95.5 Å². The van der Waals surface area contributed by atoms with E-state index in [2.05, 4.69) is 12.1 Å². The van der Waals surface area contributed by atoms with Gasteiger partial charge >= 0.3 is 6.18 Å². The third kappa shape index (κ3) is 6.88. The molecule has 4 bridgehead atoms. The number of alkyl halides is 3. The molecule has 0 saturated heterocycles. The number of furan rings is 1. The highest BCUT2D eigenvalue weighted by Crippen LogP contribution is 2.62. The predicted octanol–water partition coefficient (Wildman–Crippen LogP) is 15.8. The Labute approximate surface area is 418 Å². The van der Waals surface area contributed by atoms with Crippen LogP contribution < -0.4 is 26.2 Å². The van der Waals surface area contributed by atoms with Gasteiger partial charge in [-0.3, -0.25) is 4.90 Å². The van der Waals surface area contributed by atoms with Gasteiger partial charge in [0, 0.05) is 38.7 Å². The van der Waals surface area contributed by atoms with Crippen LogP contribution in [0.2, 0.25) is 0 Å². The maximum absolute atomic E-state index is 14.3. The number of rotatable bonds is 5. The van der Waals surface area contributed by atoms with Gasteiger partial charge in [-0.05, 0) is 198 Å². The minimum atomic E-state index is -4.64. The fraction of sp³-hybridized carbons (Fsp3) is 0.367. The highest BCUT2D eigenvalue weighted by atomic mass is 32.1. The van der Waals surface area contributed by atoms with Crippen LogP contribution >= 0.6 is 11.3 Å². The summed E-state index contributed by atoms with van der Waals surface area (Å²) in [5.74, 6) is 1.08. The first kappa shape index (κ1) is 33.9. The Bertz CT molecular complexity index is 3640. The molecular weight excluding hydrogens is 865 g/mol. The number of thiophene rings is 1. The summed E-state index contributed by atoms with van der Waals surface area (Å²) in [6.45, 7) is 16.0. The van der Waals surface area contributed by atoms with Gasteiger partial charge < -0.3 is 9.32 Å². The molecule has 68 heavy (non-hydrogen) atoms. The predicted molar refractivity (Wildman–Crippen MR) is 278 cm³/mol. The van der Waals surface area contributed by atoms with Crippen molar-refractivity contribution in [3.05, 3.63) is 148 Å². The van der Waals surface area contributed by atoms with E-state index in [9.17, 15) is 26.9 Å². The summed E-state index contributed by atoms with van der Waals surface area (Å²) >= 11 is 1.38. The summed E-state index contributed by atoms with van der Waals surface area (Å²) in [6.07, 6.45) is 2.07. The second-order valence-electron chi connectivity index (χ2n) is 22.6. The molecule has 4 aliphatic carbocycles. The van der Waals surface area contributed by atoms with Crippen molar-refractivity contribution < 1.29 is 31.3 Å². The van der Waals surface area contributed by atoms with E-state index in [0.29, 0.717) is 75.1 Å².